The second kappa shape index (κ2) is 5.73. The normalized spacial score (nSPS) is 14.1. The lowest BCUT2D eigenvalue weighted by Gasteiger charge is -2.41. The average Bonchev–Trinajstić information content (AvgIpc) is 2.51. The van der Waals surface area contributed by atoms with Crippen LogP contribution >= 0.6 is 10.2 Å². The standard InChI is InChI=1S/C15H12F5NO3S/c16-25(17,18,19,20)14-4-2-1-3-13(14)21-15(23)10-24-12-7-5-11(9-22)6-8-12/h1-9H,10H2,(H,21,23). The van der Waals surface area contributed by atoms with Crippen LogP contribution in [0.2, 0.25) is 0 Å². The number of rotatable bonds is 6. The van der Waals surface area contributed by atoms with E-state index in [1.807, 2.05) is 0 Å². The van der Waals surface area contributed by atoms with Gasteiger partial charge in [-0.2, -0.15) is 0 Å². The summed E-state index contributed by atoms with van der Waals surface area (Å²) in [7, 11) is -9.95. The summed E-state index contributed by atoms with van der Waals surface area (Å²) in [6.07, 6.45) is 0.591. The second-order valence-electron chi connectivity index (χ2n) is 4.99. The lowest BCUT2D eigenvalue weighted by Crippen LogP contribution is -2.22. The molecule has 0 radical (unpaired) electrons. The minimum atomic E-state index is -9.95. The number of nitrogens with one attached hydrogen (secondary N) is 1. The third-order valence-electron chi connectivity index (χ3n) is 2.96. The first-order valence-electron chi connectivity index (χ1n) is 6.70. The highest BCUT2D eigenvalue weighted by Crippen LogP contribution is 3.02. The molecular formula is C15H12F5NO3S. The van der Waals surface area contributed by atoms with Gasteiger partial charge in [-0.25, -0.2) is 0 Å². The Morgan fingerprint density at radius 2 is 1.60 bits per heavy atom. The summed E-state index contributed by atoms with van der Waals surface area (Å²) in [4.78, 5) is 20.0. The van der Waals surface area contributed by atoms with Gasteiger partial charge in [-0.1, -0.05) is 31.6 Å². The number of para-hydroxylation sites is 1. The Hall–Kier alpha value is -2.62. The van der Waals surface area contributed by atoms with E-state index >= 15 is 0 Å². The van der Waals surface area contributed by atoms with Crippen molar-refractivity contribution in [2.45, 2.75) is 4.90 Å². The summed E-state index contributed by atoms with van der Waals surface area (Å²) in [5.41, 5.74) is -0.687. The predicted molar refractivity (Wildman–Crippen MR) is 83.8 cm³/mol. The number of anilines is 1. The van der Waals surface area contributed by atoms with Crippen molar-refractivity contribution >= 4 is 28.1 Å². The minimum Gasteiger partial charge on any atom is -0.484 e. The first kappa shape index (κ1) is 18.7. The van der Waals surface area contributed by atoms with Crippen LogP contribution in [0.15, 0.2) is 53.4 Å². The van der Waals surface area contributed by atoms with E-state index in [9.17, 15) is 29.0 Å². The molecule has 25 heavy (non-hydrogen) atoms. The molecule has 0 heterocycles. The van der Waals surface area contributed by atoms with Crippen molar-refractivity contribution in [1.82, 2.24) is 0 Å². The molecule has 0 saturated carbocycles. The molecule has 4 nitrogen and oxygen atoms in total. The lowest BCUT2D eigenvalue weighted by atomic mass is 10.2. The molecule has 0 bridgehead atoms. The van der Waals surface area contributed by atoms with E-state index < -0.39 is 33.3 Å². The highest BCUT2D eigenvalue weighted by atomic mass is 32.5. The first-order valence-corrected chi connectivity index (χ1v) is 8.65. The van der Waals surface area contributed by atoms with E-state index in [0.717, 1.165) is 18.2 Å². The Morgan fingerprint density at radius 3 is 2.16 bits per heavy atom. The largest absolute Gasteiger partial charge is 0.484 e. The fourth-order valence-corrected chi connectivity index (χ4v) is 2.75. The molecule has 0 atom stereocenters. The van der Waals surface area contributed by atoms with Crippen molar-refractivity contribution in [3.63, 3.8) is 0 Å². The number of hydrogen-bond donors (Lipinski definition) is 1. The molecule has 0 aliphatic heterocycles. The molecule has 136 valence electrons. The van der Waals surface area contributed by atoms with Crippen molar-refractivity contribution in [1.29, 1.82) is 0 Å². The number of ether oxygens (including phenoxy) is 1. The van der Waals surface area contributed by atoms with Gasteiger partial charge < -0.3 is 10.1 Å². The fourth-order valence-electron chi connectivity index (χ4n) is 1.88. The Kier molecular flexibility index (Phi) is 4.29. The summed E-state index contributed by atoms with van der Waals surface area (Å²) in [5.74, 6) is -0.865. The van der Waals surface area contributed by atoms with Crippen molar-refractivity contribution in [2.75, 3.05) is 11.9 Å². The molecule has 0 aliphatic rings. The van der Waals surface area contributed by atoms with Crippen LogP contribution in [0.5, 0.6) is 5.75 Å². The Morgan fingerprint density at radius 1 is 1.00 bits per heavy atom. The summed E-state index contributed by atoms with van der Waals surface area (Å²) in [6.45, 7) is -0.699. The lowest BCUT2D eigenvalue weighted by molar-refractivity contribution is -0.118. The van der Waals surface area contributed by atoms with Crippen LogP contribution in [-0.2, 0) is 4.79 Å². The Bertz CT molecular complexity index is 806. The monoisotopic (exact) mass is 381 g/mol. The maximum absolute atomic E-state index is 13.0. The molecule has 0 aromatic heterocycles. The number of amides is 1. The van der Waals surface area contributed by atoms with Gasteiger partial charge in [0, 0.05) is 5.56 Å². The van der Waals surface area contributed by atoms with Gasteiger partial charge in [-0.05, 0) is 36.4 Å². The third-order valence-corrected chi connectivity index (χ3v) is 4.15. The van der Waals surface area contributed by atoms with Gasteiger partial charge in [0.2, 0.25) is 0 Å². The number of hydrogen-bond acceptors (Lipinski definition) is 3. The zero-order chi connectivity index (χ0) is 18.8. The van der Waals surface area contributed by atoms with Crippen molar-refractivity contribution in [3.8, 4) is 5.75 Å². The SMILES string of the molecule is O=Cc1ccc(OCC(=O)Nc2ccccc2S(F)(F)(F)(F)F)cc1. The zero-order valence-electron chi connectivity index (χ0n) is 12.4. The number of aldehydes is 1. The Labute approximate surface area is 139 Å². The molecule has 1 N–H and O–H groups in total. The molecule has 2 aromatic carbocycles. The molecule has 0 aliphatic carbocycles. The van der Waals surface area contributed by atoms with Gasteiger partial charge in [0.1, 0.15) is 16.9 Å². The van der Waals surface area contributed by atoms with Gasteiger partial charge in [-0.15, -0.1) is 0 Å². The van der Waals surface area contributed by atoms with Gasteiger partial charge in [0.05, 0.1) is 5.69 Å². The van der Waals surface area contributed by atoms with Crippen LogP contribution in [-0.4, -0.2) is 18.8 Å². The summed E-state index contributed by atoms with van der Waals surface area (Å²) in [6, 6.07) is 8.38. The molecule has 0 fully saturated rings. The van der Waals surface area contributed by atoms with Gasteiger partial charge >= 0.3 is 10.2 Å². The first-order chi connectivity index (χ1) is 11.4. The summed E-state index contributed by atoms with van der Waals surface area (Å²) >= 11 is 0. The second-order valence-corrected chi connectivity index (χ2v) is 7.37. The fraction of sp³-hybridized carbons (Fsp3) is 0.0667. The smallest absolute Gasteiger partial charge is 0.312 e. The number of carbonyl (C=O) groups excluding carboxylic acids is 2. The maximum Gasteiger partial charge on any atom is 0.312 e. The van der Waals surface area contributed by atoms with E-state index in [1.165, 1.54) is 24.3 Å². The highest BCUT2D eigenvalue weighted by molar-refractivity contribution is 8.45. The van der Waals surface area contributed by atoms with Crippen LogP contribution in [0.3, 0.4) is 0 Å². The van der Waals surface area contributed by atoms with Gasteiger partial charge in [-0.3, -0.25) is 9.59 Å². The van der Waals surface area contributed by atoms with Gasteiger partial charge in [0.25, 0.3) is 5.91 Å². The van der Waals surface area contributed by atoms with Gasteiger partial charge in [0.15, 0.2) is 6.61 Å². The number of carbonyl (C=O) groups is 2. The zero-order valence-corrected chi connectivity index (χ0v) is 13.2. The van der Waals surface area contributed by atoms with E-state index in [4.69, 9.17) is 4.74 Å². The number of halogens is 5. The molecule has 10 heteroatoms. The van der Waals surface area contributed by atoms with E-state index in [2.05, 4.69) is 0 Å². The topological polar surface area (TPSA) is 55.4 Å². The van der Waals surface area contributed by atoms with Crippen molar-refractivity contribution in [2.24, 2.45) is 0 Å². The van der Waals surface area contributed by atoms with Crippen LogP contribution in [0.25, 0.3) is 0 Å². The summed E-state index contributed by atoms with van der Waals surface area (Å²) < 4.78 is 69.9. The van der Waals surface area contributed by atoms with Crippen LogP contribution in [0.4, 0.5) is 25.1 Å². The highest BCUT2D eigenvalue weighted by Gasteiger charge is 2.66. The molecule has 0 saturated heterocycles. The maximum atomic E-state index is 13.0. The molecule has 2 aromatic rings. The Balaban J connectivity index is 2.10. The van der Waals surface area contributed by atoms with Crippen LogP contribution < -0.4 is 10.1 Å². The number of benzene rings is 2. The third kappa shape index (κ3) is 5.18. The molecule has 0 spiro atoms. The van der Waals surface area contributed by atoms with Crippen molar-refractivity contribution < 1.29 is 33.8 Å². The molecule has 1 amide bonds. The van der Waals surface area contributed by atoms with Crippen LogP contribution in [0, 0.1) is 0 Å². The van der Waals surface area contributed by atoms with E-state index in [1.54, 1.807) is 5.32 Å². The van der Waals surface area contributed by atoms with E-state index in [-0.39, 0.29) is 11.8 Å². The average molecular weight is 381 g/mol. The van der Waals surface area contributed by atoms with Crippen LogP contribution in [0.1, 0.15) is 10.4 Å². The van der Waals surface area contributed by atoms with Crippen molar-refractivity contribution in [3.05, 3.63) is 54.1 Å². The predicted octanol–water partition coefficient (Wildman–Crippen LogP) is 5.17. The molecular weight excluding hydrogens is 369 g/mol. The molecule has 2 rings (SSSR count). The quantitative estimate of drug-likeness (QED) is 0.555. The summed E-state index contributed by atoms with van der Waals surface area (Å²) in [5, 5.41) is 1.77. The minimum absolute atomic E-state index is 0.182. The van der Waals surface area contributed by atoms with E-state index in [0.29, 0.717) is 11.8 Å². The molecule has 0 unspecified atom stereocenters.